The molecule has 1 aromatic heterocycles. The standard InChI is InChI=1S/C18H26N2O3SSi/c1-14-12-20(13-23-10-11-25(3,4)5)18(19-14)24-16-8-6-15(7-9-16)17(21)22-2/h6-9,12H,10-11,13H2,1-5H3. The third-order valence-electron chi connectivity index (χ3n) is 3.57. The van der Waals surface area contributed by atoms with Gasteiger partial charge in [0.25, 0.3) is 0 Å². The van der Waals surface area contributed by atoms with Gasteiger partial charge >= 0.3 is 5.97 Å². The second-order valence-corrected chi connectivity index (χ2v) is 13.8. The van der Waals surface area contributed by atoms with Crippen LogP contribution < -0.4 is 0 Å². The van der Waals surface area contributed by atoms with E-state index < -0.39 is 8.07 Å². The smallest absolute Gasteiger partial charge is 0.337 e. The fourth-order valence-electron chi connectivity index (χ4n) is 2.12. The van der Waals surface area contributed by atoms with E-state index >= 15 is 0 Å². The van der Waals surface area contributed by atoms with E-state index in [1.165, 1.54) is 7.11 Å². The molecule has 0 saturated carbocycles. The van der Waals surface area contributed by atoms with E-state index in [0.29, 0.717) is 12.3 Å². The fourth-order valence-corrected chi connectivity index (χ4v) is 3.77. The van der Waals surface area contributed by atoms with Crippen LogP contribution in [0.15, 0.2) is 40.5 Å². The van der Waals surface area contributed by atoms with Crippen molar-refractivity contribution in [3.05, 3.63) is 41.7 Å². The van der Waals surface area contributed by atoms with Crippen LogP contribution >= 0.6 is 11.8 Å². The average molecular weight is 379 g/mol. The molecule has 2 rings (SSSR count). The van der Waals surface area contributed by atoms with Gasteiger partial charge in [0, 0.05) is 25.8 Å². The van der Waals surface area contributed by atoms with Crippen LogP contribution in [0.4, 0.5) is 0 Å². The molecule has 1 heterocycles. The van der Waals surface area contributed by atoms with Crippen molar-refractivity contribution in [2.24, 2.45) is 0 Å². The summed E-state index contributed by atoms with van der Waals surface area (Å²) in [5, 5.41) is 0.885. The molecule has 1 aromatic carbocycles. The van der Waals surface area contributed by atoms with Crippen LogP contribution in [-0.2, 0) is 16.2 Å². The zero-order valence-corrected chi connectivity index (χ0v) is 17.4. The number of aromatic nitrogens is 2. The van der Waals surface area contributed by atoms with Gasteiger partial charge in [-0.25, -0.2) is 9.78 Å². The van der Waals surface area contributed by atoms with Crippen molar-refractivity contribution in [3.63, 3.8) is 0 Å². The second kappa shape index (κ2) is 8.69. The number of benzene rings is 1. The number of ether oxygens (including phenoxy) is 2. The van der Waals surface area contributed by atoms with Crippen LogP contribution in [0.1, 0.15) is 16.1 Å². The zero-order chi connectivity index (χ0) is 18.4. The normalized spacial score (nSPS) is 11.6. The highest BCUT2D eigenvalue weighted by Crippen LogP contribution is 2.27. The number of nitrogens with zero attached hydrogens (tertiary/aromatic N) is 2. The van der Waals surface area contributed by atoms with Gasteiger partial charge in [-0.15, -0.1) is 0 Å². The van der Waals surface area contributed by atoms with Gasteiger partial charge in [-0.3, -0.25) is 0 Å². The zero-order valence-electron chi connectivity index (χ0n) is 15.5. The van der Waals surface area contributed by atoms with Gasteiger partial charge in [-0.1, -0.05) is 31.4 Å². The number of imidazole rings is 1. The Morgan fingerprint density at radius 1 is 1.24 bits per heavy atom. The number of hydrogen-bond acceptors (Lipinski definition) is 5. The summed E-state index contributed by atoms with van der Waals surface area (Å²) >= 11 is 1.56. The Hall–Kier alpha value is -1.57. The molecule has 25 heavy (non-hydrogen) atoms. The minimum absolute atomic E-state index is 0.329. The Bertz CT molecular complexity index is 708. The third kappa shape index (κ3) is 6.34. The monoisotopic (exact) mass is 378 g/mol. The molecule has 5 nitrogen and oxygen atoms in total. The summed E-state index contributed by atoms with van der Waals surface area (Å²) < 4.78 is 12.6. The molecule has 0 N–H and O–H groups in total. The summed E-state index contributed by atoms with van der Waals surface area (Å²) in [7, 11) is 0.306. The molecule has 0 saturated heterocycles. The lowest BCUT2D eigenvalue weighted by atomic mass is 10.2. The highest BCUT2D eigenvalue weighted by atomic mass is 32.2. The predicted molar refractivity (Wildman–Crippen MR) is 103 cm³/mol. The van der Waals surface area contributed by atoms with Crippen LogP contribution in [-0.4, -0.2) is 37.3 Å². The topological polar surface area (TPSA) is 53.3 Å². The lowest BCUT2D eigenvalue weighted by molar-refractivity contribution is 0.0600. The van der Waals surface area contributed by atoms with Crippen molar-refractivity contribution in [1.82, 2.24) is 9.55 Å². The molecule has 0 spiro atoms. The number of carbonyl (C=O) groups is 1. The first-order chi connectivity index (χ1) is 11.8. The van der Waals surface area contributed by atoms with Crippen molar-refractivity contribution < 1.29 is 14.3 Å². The van der Waals surface area contributed by atoms with E-state index in [0.717, 1.165) is 28.4 Å². The van der Waals surface area contributed by atoms with Gasteiger partial charge in [0.15, 0.2) is 5.16 Å². The minimum Gasteiger partial charge on any atom is -0.465 e. The lowest BCUT2D eigenvalue weighted by Crippen LogP contribution is -2.22. The molecule has 0 fully saturated rings. The SMILES string of the molecule is COC(=O)c1ccc(Sc2nc(C)cn2COCC[Si](C)(C)C)cc1. The Balaban J connectivity index is 1.99. The first-order valence-corrected chi connectivity index (χ1v) is 12.8. The molecule has 0 amide bonds. The van der Waals surface area contributed by atoms with Crippen molar-refractivity contribution in [3.8, 4) is 0 Å². The molecular formula is C18H26N2O3SSi. The third-order valence-corrected chi connectivity index (χ3v) is 6.29. The molecule has 0 aliphatic carbocycles. The van der Waals surface area contributed by atoms with Crippen LogP contribution in [0.2, 0.25) is 25.7 Å². The summed E-state index contributed by atoms with van der Waals surface area (Å²) in [5.74, 6) is -0.329. The molecule has 2 aromatic rings. The number of esters is 1. The second-order valence-electron chi connectivity index (χ2n) is 7.10. The van der Waals surface area contributed by atoms with Gasteiger partial charge in [0.2, 0.25) is 0 Å². The van der Waals surface area contributed by atoms with Crippen molar-refractivity contribution in [2.45, 2.75) is 49.4 Å². The summed E-state index contributed by atoms with van der Waals surface area (Å²) in [6, 6.07) is 8.48. The van der Waals surface area contributed by atoms with E-state index in [1.807, 2.05) is 29.8 Å². The fraction of sp³-hybridized carbons (Fsp3) is 0.444. The van der Waals surface area contributed by atoms with E-state index in [4.69, 9.17) is 9.47 Å². The molecule has 0 aliphatic heterocycles. The number of carbonyl (C=O) groups excluding carboxylic acids is 1. The van der Waals surface area contributed by atoms with Gasteiger partial charge in [-0.2, -0.15) is 0 Å². The molecular weight excluding hydrogens is 352 g/mol. The highest BCUT2D eigenvalue weighted by molar-refractivity contribution is 7.99. The predicted octanol–water partition coefficient (Wildman–Crippen LogP) is 4.44. The van der Waals surface area contributed by atoms with Crippen LogP contribution in [0.25, 0.3) is 0 Å². The maximum atomic E-state index is 11.5. The quantitative estimate of drug-likeness (QED) is 0.386. The van der Waals surface area contributed by atoms with Gasteiger partial charge in [-0.05, 0) is 37.2 Å². The Labute approximate surface area is 154 Å². The Morgan fingerprint density at radius 3 is 2.52 bits per heavy atom. The van der Waals surface area contributed by atoms with Gasteiger partial charge in [0.05, 0.1) is 18.4 Å². The number of hydrogen-bond donors (Lipinski definition) is 0. The maximum Gasteiger partial charge on any atom is 0.337 e. The minimum atomic E-state index is -1.08. The first kappa shape index (κ1) is 19.7. The van der Waals surface area contributed by atoms with Crippen LogP contribution in [0.3, 0.4) is 0 Å². The summed E-state index contributed by atoms with van der Waals surface area (Å²) in [4.78, 5) is 17.1. The molecule has 0 aliphatic rings. The van der Waals surface area contributed by atoms with Crippen LogP contribution in [0.5, 0.6) is 0 Å². The summed E-state index contributed by atoms with van der Waals surface area (Å²) in [5.41, 5.74) is 1.50. The Kier molecular flexibility index (Phi) is 6.86. The average Bonchev–Trinajstić information content (AvgIpc) is 2.90. The van der Waals surface area contributed by atoms with Gasteiger partial charge in [0.1, 0.15) is 6.73 Å². The maximum absolute atomic E-state index is 11.5. The lowest BCUT2D eigenvalue weighted by Gasteiger charge is -2.16. The molecule has 0 unspecified atom stereocenters. The van der Waals surface area contributed by atoms with Crippen LogP contribution in [0, 0.1) is 6.92 Å². The molecule has 0 atom stereocenters. The largest absolute Gasteiger partial charge is 0.465 e. The van der Waals surface area contributed by atoms with Crippen molar-refractivity contribution in [1.29, 1.82) is 0 Å². The first-order valence-electron chi connectivity index (χ1n) is 8.26. The van der Waals surface area contributed by atoms with Crippen molar-refractivity contribution >= 4 is 25.8 Å². The van der Waals surface area contributed by atoms with E-state index in [-0.39, 0.29) is 5.97 Å². The van der Waals surface area contributed by atoms with E-state index in [1.54, 1.807) is 23.9 Å². The molecule has 7 heteroatoms. The molecule has 136 valence electrons. The molecule has 0 radical (unpaired) electrons. The van der Waals surface area contributed by atoms with Crippen molar-refractivity contribution in [2.75, 3.05) is 13.7 Å². The van der Waals surface area contributed by atoms with E-state index in [2.05, 4.69) is 24.6 Å². The highest BCUT2D eigenvalue weighted by Gasteiger charge is 2.13. The molecule has 0 bridgehead atoms. The van der Waals surface area contributed by atoms with E-state index in [9.17, 15) is 4.79 Å². The summed E-state index contributed by atoms with van der Waals surface area (Å²) in [6.07, 6.45) is 2.00. The number of aryl methyl sites for hydroxylation is 1. The summed E-state index contributed by atoms with van der Waals surface area (Å²) in [6.45, 7) is 10.3. The Morgan fingerprint density at radius 2 is 1.92 bits per heavy atom. The van der Waals surface area contributed by atoms with Gasteiger partial charge < -0.3 is 14.0 Å². The number of rotatable bonds is 8. The number of methoxy groups -OCH3 is 1.